The van der Waals surface area contributed by atoms with Gasteiger partial charge in [0.05, 0.1) is 0 Å². The molecule has 0 aliphatic heterocycles. The van der Waals surface area contributed by atoms with Crippen LogP contribution in [-0.2, 0) is 0 Å². The van der Waals surface area contributed by atoms with Crippen molar-refractivity contribution in [1.82, 2.24) is 0 Å². The van der Waals surface area contributed by atoms with Crippen LogP contribution in [0.1, 0.15) is 18.1 Å². The van der Waals surface area contributed by atoms with Crippen molar-refractivity contribution < 1.29 is 9.84 Å². The van der Waals surface area contributed by atoms with Gasteiger partial charge in [0.25, 0.3) is 0 Å². The summed E-state index contributed by atoms with van der Waals surface area (Å²) in [7, 11) is 0. The van der Waals surface area contributed by atoms with E-state index in [4.69, 9.17) is 4.74 Å². The molecule has 0 atom stereocenters. The maximum absolute atomic E-state index is 9.43. The fraction of sp³-hybridized carbons (Fsp3) is 0.333. The highest BCUT2D eigenvalue weighted by molar-refractivity contribution is 5.46. The van der Waals surface area contributed by atoms with E-state index in [-0.39, 0.29) is 0 Å². The SMILES string of the molecule is C=C(C)COc1ccc(O)c(C)c1C. The first-order valence-electron chi connectivity index (χ1n) is 4.58. The minimum Gasteiger partial charge on any atom is -0.508 e. The second-order valence-electron chi connectivity index (χ2n) is 3.58. The average Bonchev–Trinajstić information content (AvgIpc) is 2.13. The smallest absolute Gasteiger partial charge is 0.123 e. The van der Waals surface area contributed by atoms with Crippen molar-refractivity contribution in [3.05, 3.63) is 35.4 Å². The molecule has 0 heterocycles. The first-order valence-corrected chi connectivity index (χ1v) is 4.58. The third kappa shape index (κ3) is 2.28. The summed E-state index contributed by atoms with van der Waals surface area (Å²) in [5.74, 6) is 1.12. The molecule has 0 aliphatic carbocycles. The van der Waals surface area contributed by atoms with Crippen molar-refractivity contribution in [3.63, 3.8) is 0 Å². The van der Waals surface area contributed by atoms with Crippen LogP contribution >= 0.6 is 0 Å². The normalized spacial score (nSPS) is 9.93. The van der Waals surface area contributed by atoms with E-state index in [9.17, 15) is 5.11 Å². The Balaban J connectivity index is 2.88. The van der Waals surface area contributed by atoms with Gasteiger partial charge in [0, 0.05) is 0 Å². The Morgan fingerprint density at radius 2 is 2.00 bits per heavy atom. The highest BCUT2D eigenvalue weighted by Crippen LogP contribution is 2.28. The molecule has 2 heteroatoms. The van der Waals surface area contributed by atoms with Gasteiger partial charge >= 0.3 is 0 Å². The van der Waals surface area contributed by atoms with Crippen LogP contribution in [0.4, 0.5) is 0 Å². The molecule has 2 nitrogen and oxygen atoms in total. The Kier molecular flexibility index (Phi) is 3.18. The molecule has 0 aliphatic rings. The van der Waals surface area contributed by atoms with E-state index in [1.807, 2.05) is 20.8 Å². The number of benzene rings is 1. The molecule has 1 aromatic rings. The third-order valence-corrected chi connectivity index (χ3v) is 2.18. The number of phenolic OH excluding ortho intramolecular Hbond substituents is 1. The molecule has 0 spiro atoms. The number of aromatic hydroxyl groups is 1. The Bertz CT molecular complexity index is 354. The monoisotopic (exact) mass is 192 g/mol. The number of rotatable bonds is 3. The molecule has 76 valence electrons. The zero-order chi connectivity index (χ0) is 10.7. The lowest BCUT2D eigenvalue weighted by atomic mass is 10.1. The molecule has 0 saturated heterocycles. The summed E-state index contributed by atoms with van der Waals surface area (Å²) in [5, 5.41) is 9.43. The molecule has 1 N–H and O–H groups in total. The van der Waals surface area contributed by atoms with Crippen LogP contribution < -0.4 is 4.74 Å². The first kappa shape index (κ1) is 10.6. The Labute approximate surface area is 84.8 Å². The van der Waals surface area contributed by atoms with Crippen LogP contribution in [0.5, 0.6) is 11.5 Å². The van der Waals surface area contributed by atoms with Crippen molar-refractivity contribution >= 4 is 0 Å². The van der Waals surface area contributed by atoms with E-state index in [1.54, 1.807) is 12.1 Å². The summed E-state index contributed by atoms with van der Waals surface area (Å²) in [6.07, 6.45) is 0. The van der Waals surface area contributed by atoms with Crippen molar-refractivity contribution in [2.45, 2.75) is 20.8 Å². The summed E-state index contributed by atoms with van der Waals surface area (Å²) in [6, 6.07) is 3.43. The van der Waals surface area contributed by atoms with E-state index < -0.39 is 0 Å². The van der Waals surface area contributed by atoms with Crippen LogP contribution in [0, 0.1) is 13.8 Å². The van der Waals surface area contributed by atoms with Gasteiger partial charge in [0.2, 0.25) is 0 Å². The molecular formula is C12H16O2. The molecule has 0 radical (unpaired) electrons. The minimum absolute atomic E-state index is 0.310. The lowest BCUT2D eigenvalue weighted by Crippen LogP contribution is -1.99. The Morgan fingerprint density at radius 1 is 1.36 bits per heavy atom. The summed E-state index contributed by atoms with van der Waals surface area (Å²) < 4.78 is 5.52. The zero-order valence-electron chi connectivity index (χ0n) is 8.92. The quantitative estimate of drug-likeness (QED) is 0.746. The average molecular weight is 192 g/mol. The summed E-state index contributed by atoms with van der Waals surface area (Å²) in [6.45, 7) is 10.0. The number of phenols is 1. The van der Waals surface area contributed by atoms with E-state index in [0.717, 1.165) is 22.4 Å². The van der Waals surface area contributed by atoms with Gasteiger partial charge in [-0.05, 0) is 49.6 Å². The second-order valence-corrected chi connectivity index (χ2v) is 3.58. The lowest BCUT2D eigenvalue weighted by Gasteiger charge is -2.11. The third-order valence-electron chi connectivity index (χ3n) is 2.18. The van der Waals surface area contributed by atoms with Gasteiger partial charge in [-0.15, -0.1) is 0 Å². The standard InChI is InChI=1S/C12H16O2/c1-8(2)7-14-12-6-5-11(13)9(3)10(12)4/h5-6,13H,1,7H2,2-4H3. The molecule has 1 aromatic carbocycles. The van der Waals surface area contributed by atoms with Crippen LogP contribution in [0.15, 0.2) is 24.3 Å². The molecule has 0 bridgehead atoms. The maximum atomic E-state index is 9.43. The number of ether oxygens (including phenoxy) is 1. The Hall–Kier alpha value is -1.44. The van der Waals surface area contributed by atoms with Crippen molar-refractivity contribution in [2.75, 3.05) is 6.61 Å². The second kappa shape index (κ2) is 4.18. The molecule has 0 aromatic heterocycles. The van der Waals surface area contributed by atoms with Gasteiger partial charge < -0.3 is 9.84 Å². The summed E-state index contributed by atoms with van der Waals surface area (Å²) >= 11 is 0. The van der Waals surface area contributed by atoms with Gasteiger partial charge in [0.1, 0.15) is 18.1 Å². The van der Waals surface area contributed by atoms with Gasteiger partial charge in [-0.3, -0.25) is 0 Å². The predicted octanol–water partition coefficient (Wildman–Crippen LogP) is 2.96. The molecule has 0 saturated carbocycles. The molecule has 1 rings (SSSR count). The molecule has 14 heavy (non-hydrogen) atoms. The van der Waals surface area contributed by atoms with Crippen LogP contribution in [0.2, 0.25) is 0 Å². The fourth-order valence-corrected chi connectivity index (χ4v) is 1.14. The first-order chi connectivity index (χ1) is 6.52. The van der Waals surface area contributed by atoms with E-state index in [0.29, 0.717) is 12.4 Å². The van der Waals surface area contributed by atoms with E-state index in [2.05, 4.69) is 6.58 Å². The highest BCUT2D eigenvalue weighted by Gasteiger charge is 2.05. The van der Waals surface area contributed by atoms with Gasteiger partial charge in [-0.2, -0.15) is 0 Å². The fourth-order valence-electron chi connectivity index (χ4n) is 1.14. The molecular weight excluding hydrogens is 176 g/mol. The maximum Gasteiger partial charge on any atom is 0.123 e. The van der Waals surface area contributed by atoms with Crippen molar-refractivity contribution in [1.29, 1.82) is 0 Å². The largest absolute Gasteiger partial charge is 0.508 e. The van der Waals surface area contributed by atoms with Gasteiger partial charge in [-0.25, -0.2) is 0 Å². The van der Waals surface area contributed by atoms with Crippen LogP contribution in [0.25, 0.3) is 0 Å². The summed E-state index contributed by atoms with van der Waals surface area (Å²) in [4.78, 5) is 0. The predicted molar refractivity (Wildman–Crippen MR) is 57.9 cm³/mol. The number of hydrogen-bond donors (Lipinski definition) is 1. The van der Waals surface area contributed by atoms with Crippen LogP contribution in [0.3, 0.4) is 0 Å². The lowest BCUT2D eigenvalue weighted by molar-refractivity contribution is 0.348. The molecule has 0 amide bonds. The topological polar surface area (TPSA) is 29.5 Å². The van der Waals surface area contributed by atoms with Gasteiger partial charge in [-0.1, -0.05) is 6.58 Å². The van der Waals surface area contributed by atoms with Crippen LogP contribution in [-0.4, -0.2) is 11.7 Å². The highest BCUT2D eigenvalue weighted by atomic mass is 16.5. The van der Waals surface area contributed by atoms with E-state index in [1.165, 1.54) is 0 Å². The summed E-state index contributed by atoms with van der Waals surface area (Å²) in [5.41, 5.74) is 2.82. The van der Waals surface area contributed by atoms with E-state index >= 15 is 0 Å². The van der Waals surface area contributed by atoms with Crippen molar-refractivity contribution in [3.8, 4) is 11.5 Å². The van der Waals surface area contributed by atoms with Gasteiger partial charge in [0.15, 0.2) is 0 Å². The Morgan fingerprint density at radius 3 is 2.57 bits per heavy atom. The van der Waals surface area contributed by atoms with Crippen molar-refractivity contribution in [2.24, 2.45) is 0 Å². The molecule has 0 unspecified atom stereocenters. The zero-order valence-corrected chi connectivity index (χ0v) is 8.92. The molecule has 0 fully saturated rings. The number of hydrogen-bond acceptors (Lipinski definition) is 2. The minimum atomic E-state index is 0.310.